The summed E-state index contributed by atoms with van der Waals surface area (Å²) < 4.78 is 0. The first-order valence-electron chi connectivity index (χ1n) is 9.80. The van der Waals surface area contributed by atoms with Gasteiger partial charge in [-0.25, -0.2) is 4.79 Å². The third kappa shape index (κ3) is 5.28. The van der Waals surface area contributed by atoms with Crippen LogP contribution in [0.15, 0.2) is 48.9 Å². The molecule has 28 heavy (non-hydrogen) atoms. The van der Waals surface area contributed by atoms with E-state index in [9.17, 15) is 9.59 Å². The average molecular weight is 381 g/mol. The van der Waals surface area contributed by atoms with E-state index in [2.05, 4.69) is 20.6 Å². The number of hydrogen-bond donors (Lipinski definition) is 2. The number of rotatable bonds is 6. The topological polar surface area (TPSA) is 87.2 Å². The van der Waals surface area contributed by atoms with Crippen molar-refractivity contribution in [3.05, 3.63) is 60.2 Å². The molecule has 1 aliphatic rings. The van der Waals surface area contributed by atoms with Gasteiger partial charge in [0, 0.05) is 37.6 Å². The Labute approximate surface area is 165 Å². The lowest BCUT2D eigenvalue weighted by atomic mass is 9.96. The summed E-state index contributed by atoms with van der Waals surface area (Å²) in [7, 11) is 0. The third-order valence-electron chi connectivity index (χ3n) is 5.12. The van der Waals surface area contributed by atoms with E-state index >= 15 is 0 Å². The molecule has 1 saturated heterocycles. The molecule has 1 atom stereocenters. The van der Waals surface area contributed by atoms with Gasteiger partial charge in [0.25, 0.3) is 0 Å². The summed E-state index contributed by atoms with van der Waals surface area (Å²) in [5.74, 6) is -0.0273. The van der Waals surface area contributed by atoms with Gasteiger partial charge in [0.1, 0.15) is 0 Å². The van der Waals surface area contributed by atoms with Crippen LogP contribution < -0.4 is 10.6 Å². The van der Waals surface area contributed by atoms with Crippen molar-refractivity contribution in [2.75, 3.05) is 13.1 Å². The number of nitrogens with zero attached hydrogens (tertiary/aromatic N) is 3. The fourth-order valence-corrected chi connectivity index (χ4v) is 3.41. The number of likely N-dealkylation sites (tertiary alicyclic amines) is 1. The van der Waals surface area contributed by atoms with Crippen LogP contribution in [0.5, 0.6) is 0 Å². The van der Waals surface area contributed by atoms with Crippen molar-refractivity contribution in [2.24, 2.45) is 5.92 Å². The molecule has 3 heterocycles. The first-order chi connectivity index (χ1) is 13.7. The summed E-state index contributed by atoms with van der Waals surface area (Å²) >= 11 is 0. The van der Waals surface area contributed by atoms with Crippen molar-refractivity contribution in [3.63, 3.8) is 0 Å². The van der Waals surface area contributed by atoms with E-state index in [-0.39, 0.29) is 23.9 Å². The Morgan fingerprint density at radius 1 is 1.18 bits per heavy atom. The number of nitrogens with one attached hydrogen (secondary N) is 2. The molecule has 2 N–H and O–H groups in total. The highest BCUT2D eigenvalue weighted by Crippen LogP contribution is 2.20. The van der Waals surface area contributed by atoms with Crippen LogP contribution in [0.25, 0.3) is 0 Å². The second-order valence-corrected chi connectivity index (χ2v) is 7.00. The Balaban J connectivity index is 1.45. The molecule has 1 unspecified atom stereocenters. The third-order valence-corrected chi connectivity index (χ3v) is 5.12. The predicted octanol–water partition coefficient (Wildman–Crippen LogP) is 2.67. The van der Waals surface area contributed by atoms with E-state index in [0.29, 0.717) is 32.5 Å². The lowest BCUT2D eigenvalue weighted by molar-refractivity contribution is -0.126. The van der Waals surface area contributed by atoms with Gasteiger partial charge >= 0.3 is 6.03 Å². The lowest BCUT2D eigenvalue weighted by Gasteiger charge is -2.32. The molecule has 0 aromatic carbocycles. The Morgan fingerprint density at radius 3 is 2.64 bits per heavy atom. The highest BCUT2D eigenvalue weighted by atomic mass is 16.2. The van der Waals surface area contributed by atoms with E-state index in [4.69, 9.17) is 0 Å². The molecule has 1 aliphatic heterocycles. The number of pyridine rings is 2. The maximum atomic E-state index is 12.6. The summed E-state index contributed by atoms with van der Waals surface area (Å²) in [6, 6.07) is 9.35. The number of amides is 3. The molecule has 7 nitrogen and oxygen atoms in total. The molecule has 2 aromatic rings. The van der Waals surface area contributed by atoms with Crippen molar-refractivity contribution in [2.45, 2.75) is 38.8 Å². The summed E-state index contributed by atoms with van der Waals surface area (Å²) in [6.07, 6.45) is 7.36. The van der Waals surface area contributed by atoms with E-state index in [1.165, 1.54) is 0 Å². The van der Waals surface area contributed by atoms with Crippen LogP contribution in [0.3, 0.4) is 0 Å². The molecule has 0 bridgehead atoms. The Morgan fingerprint density at radius 2 is 2.00 bits per heavy atom. The minimum absolute atomic E-state index is 0.0347. The average Bonchev–Trinajstić information content (AvgIpc) is 2.77. The van der Waals surface area contributed by atoms with Crippen LogP contribution in [0.4, 0.5) is 4.79 Å². The quantitative estimate of drug-likeness (QED) is 0.805. The fraction of sp³-hybridized carbons (Fsp3) is 0.429. The number of urea groups is 1. The van der Waals surface area contributed by atoms with Gasteiger partial charge in [-0.1, -0.05) is 19.1 Å². The fourth-order valence-electron chi connectivity index (χ4n) is 3.41. The Bertz CT molecular complexity index is 761. The number of aromatic nitrogens is 2. The van der Waals surface area contributed by atoms with Gasteiger partial charge in [-0.2, -0.15) is 0 Å². The van der Waals surface area contributed by atoms with Crippen LogP contribution in [0.1, 0.15) is 43.5 Å². The SMILES string of the molecule is CCC(NC(=O)N1CCC(C(=O)NCc2ccccn2)CC1)c1cccnc1. The maximum Gasteiger partial charge on any atom is 0.317 e. The molecule has 2 aromatic heterocycles. The number of hydrogen-bond acceptors (Lipinski definition) is 4. The van der Waals surface area contributed by atoms with Gasteiger partial charge in [-0.3, -0.25) is 14.8 Å². The number of carbonyl (C=O) groups is 2. The molecule has 148 valence electrons. The molecule has 1 fully saturated rings. The Hall–Kier alpha value is -2.96. The lowest BCUT2D eigenvalue weighted by Crippen LogP contribution is -2.47. The minimum Gasteiger partial charge on any atom is -0.350 e. The van der Waals surface area contributed by atoms with E-state index in [0.717, 1.165) is 17.7 Å². The van der Waals surface area contributed by atoms with E-state index in [1.54, 1.807) is 23.5 Å². The van der Waals surface area contributed by atoms with Gasteiger partial charge in [0.15, 0.2) is 0 Å². The summed E-state index contributed by atoms with van der Waals surface area (Å²) in [5, 5.41) is 6.03. The molecule has 0 saturated carbocycles. The van der Waals surface area contributed by atoms with Gasteiger partial charge in [-0.05, 0) is 43.0 Å². The van der Waals surface area contributed by atoms with Crippen molar-refractivity contribution >= 4 is 11.9 Å². The smallest absolute Gasteiger partial charge is 0.317 e. The van der Waals surface area contributed by atoms with Crippen molar-refractivity contribution in [3.8, 4) is 0 Å². The number of carbonyl (C=O) groups excluding carboxylic acids is 2. The molecule has 0 radical (unpaired) electrons. The summed E-state index contributed by atoms with van der Waals surface area (Å²) in [6.45, 7) is 3.63. The monoisotopic (exact) mass is 381 g/mol. The van der Waals surface area contributed by atoms with Crippen LogP contribution in [-0.2, 0) is 11.3 Å². The highest BCUT2D eigenvalue weighted by Gasteiger charge is 2.28. The molecule has 3 rings (SSSR count). The highest BCUT2D eigenvalue weighted by molar-refractivity contribution is 5.79. The first kappa shape index (κ1) is 19.8. The first-order valence-corrected chi connectivity index (χ1v) is 9.80. The van der Waals surface area contributed by atoms with Crippen LogP contribution in [0, 0.1) is 5.92 Å². The largest absolute Gasteiger partial charge is 0.350 e. The van der Waals surface area contributed by atoms with Crippen LogP contribution >= 0.6 is 0 Å². The molecule has 0 aliphatic carbocycles. The van der Waals surface area contributed by atoms with Gasteiger partial charge < -0.3 is 15.5 Å². The molecule has 0 spiro atoms. The van der Waals surface area contributed by atoms with Crippen LogP contribution in [0.2, 0.25) is 0 Å². The molecular weight excluding hydrogens is 354 g/mol. The predicted molar refractivity (Wildman–Crippen MR) is 106 cm³/mol. The van der Waals surface area contributed by atoms with Crippen LogP contribution in [-0.4, -0.2) is 39.9 Å². The van der Waals surface area contributed by atoms with Crippen molar-refractivity contribution < 1.29 is 9.59 Å². The molecule has 7 heteroatoms. The van der Waals surface area contributed by atoms with Gasteiger partial charge in [0.05, 0.1) is 18.3 Å². The zero-order valence-corrected chi connectivity index (χ0v) is 16.2. The zero-order chi connectivity index (χ0) is 19.8. The summed E-state index contributed by atoms with van der Waals surface area (Å²) in [4.78, 5) is 35.1. The minimum atomic E-state index is -0.0805. The standard InChI is InChI=1S/C21H27N5O2/c1-2-19(17-6-5-10-22-14-17)25-21(28)26-12-8-16(9-13-26)20(27)24-15-18-7-3-4-11-23-18/h3-7,10-11,14,16,19H,2,8-9,12-13,15H2,1H3,(H,24,27)(H,25,28). The van der Waals surface area contributed by atoms with Crippen molar-refractivity contribution in [1.82, 2.24) is 25.5 Å². The second-order valence-electron chi connectivity index (χ2n) is 7.00. The van der Waals surface area contributed by atoms with Crippen molar-refractivity contribution in [1.29, 1.82) is 0 Å². The number of piperidine rings is 1. The zero-order valence-electron chi connectivity index (χ0n) is 16.2. The second kappa shape index (κ2) is 9.82. The normalized spacial score (nSPS) is 15.7. The van der Waals surface area contributed by atoms with Gasteiger partial charge in [0.2, 0.25) is 5.91 Å². The van der Waals surface area contributed by atoms with E-state index in [1.807, 2.05) is 37.3 Å². The van der Waals surface area contributed by atoms with E-state index < -0.39 is 0 Å². The Kier molecular flexibility index (Phi) is 6.94. The molecular formula is C21H27N5O2. The molecule has 3 amide bonds. The maximum absolute atomic E-state index is 12.6. The summed E-state index contributed by atoms with van der Waals surface area (Å²) in [5.41, 5.74) is 1.84. The van der Waals surface area contributed by atoms with Gasteiger partial charge in [-0.15, -0.1) is 0 Å².